The van der Waals surface area contributed by atoms with Gasteiger partial charge in [-0.3, -0.25) is 4.79 Å². The highest BCUT2D eigenvalue weighted by Gasteiger charge is 2.08. The van der Waals surface area contributed by atoms with Crippen LogP contribution >= 0.6 is 11.6 Å². The fourth-order valence-corrected chi connectivity index (χ4v) is 1.80. The molecule has 2 heterocycles. The van der Waals surface area contributed by atoms with Gasteiger partial charge in [0.2, 0.25) is 5.43 Å². The monoisotopic (exact) mass is 231 g/mol. The lowest BCUT2D eigenvalue weighted by molar-refractivity contribution is 0.658. The predicted octanol–water partition coefficient (Wildman–Crippen LogP) is 2.99. The number of hydrogen-bond donors (Lipinski definition) is 0. The van der Waals surface area contributed by atoms with E-state index in [1.807, 2.05) is 6.07 Å². The van der Waals surface area contributed by atoms with E-state index in [1.165, 1.54) is 0 Å². The first kappa shape index (κ1) is 9.36. The molecule has 16 heavy (non-hydrogen) atoms. The number of para-hydroxylation sites is 1. The van der Waals surface area contributed by atoms with Crippen LogP contribution in [0.15, 0.2) is 45.6 Å². The largest absolute Gasteiger partial charge is 0.454 e. The lowest BCUT2D eigenvalue weighted by atomic mass is 10.2. The molecule has 0 aliphatic heterocycles. The van der Waals surface area contributed by atoms with Crippen molar-refractivity contribution >= 4 is 33.7 Å². The molecule has 0 saturated carbocycles. The molecule has 0 aliphatic rings. The summed E-state index contributed by atoms with van der Waals surface area (Å²) in [7, 11) is 0. The molecule has 3 nitrogen and oxygen atoms in total. The van der Waals surface area contributed by atoms with Gasteiger partial charge >= 0.3 is 0 Å². The molecule has 78 valence electrons. The Hall–Kier alpha value is -1.87. The lowest BCUT2D eigenvalue weighted by Crippen LogP contribution is -2.03. The summed E-state index contributed by atoms with van der Waals surface area (Å²) in [5.41, 5.74) is 1.13. The Balaban J connectivity index is 2.61. The van der Waals surface area contributed by atoms with Gasteiger partial charge in [-0.05, 0) is 24.3 Å². The maximum atomic E-state index is 12.1. The van der Waals surface area contributed by atoms with Crippen LogP contribution in [0.25, 0.3) is 22.1 Å². The molecule has 0 amide bonds. The van der Waals surface area contributed by atoms with Gasteiger partial charge in [0.15, 0.2) is 11.1 Å². The number of fused-ring (bicyclic) bond motifs is 2. The number of halogens is 1. The summed E-state index contributed by atoms with van der Waals surface area (Å²) in [6, 6.07) is 10.3. The summed E-state index contributed by atoms with van der Waals surface area (Å²) >= 11 is 5.75. The van der Waals surface area contributed by atoms with Gasteiger partial charge in [0.25, 0.3) is 0 Å². The van der Waals surface area contributed by atoms with E-state index in [0.29, 0.717) is 16.6 Å². The highest BCUT2D eigenvalue weighted by Crippen LogP contribution is 2.18. The molecule has 3 rings (SSSR count). The van der Waals surface area contributed by atoms with Gasteiger partial charge in [-0.2, -0.15) is 0 Å². The van der Waals surface area contributed by atoms with Gasteiger partial charge in [0, 0.05) is 0 Å². The Labute approximate surface area is 95.3 Å². The smallest absolute Gasteiger partial charge is 0.218 e. The Morgan fingerprint density at radius 1 is 1.06 bits per heavy atom. The van der Waals surface area contributed by atoms with Crippen LogP contribution in [0.4, 0.5) is 0 Å². The number of benzene rings is 1. The SMILES string of the molecule is O=c1c2ccccc2oc2ccc(Cl)nc12. The first-order valence-corrected chi connectivity index (χ1v) is 5.11. The minimum absolute atomic E-state index is 0.153. The van der Waals surface area contributed by atoms with E-state index in [0.717, 1.165) is 0 Å². The third-order valence-electron chi connectivity index (χ3n) is 2.39. The molecule has 0 aliphatic carbocycles. The van der Waals surface area contributed by atoms with Crippen LogP contribution in [0.1, 0.15) is 0 Å². The molecule has 0 N–H and O–H groups in total. The second-order valence-electron chi connectivity index (χ2n) is 3.41. The van der Waals surface area contributed by atoms with Gasteiger partial charge in [-0.15, -0.1) is 0 Å². The lowest BCUT2D eigenvalue weighted by Gasteiger charge is -1.99. The minimum atomic E-state index is -0.153. The van der Waals surface area contributed by atoms with Crippen molar-refractivity contribution in [2.45, 2.75) is 0 Å². The fourth-order valence-electron chi connectivity index (χ4n) is 1.66. The van der Waals surface area contributed by atoms with Crippen LogP contribution < -0.4 is 5.43 Å². The average molecular weight is 232 g/mol. The fraction of sp³-hybridized carbons (Fsp3) is 0. The molecule has 4 heteroatoms. The summed E-state index contributed by atoms with van der Waals surface area (Å²) in [5, 5.41) is 0.805. The van der Waals surface area contributed by atoms with E-state index in [4.69, 9.17) is 16.0 Å². The van der Waals surface area contributed by atoms with Crippen molar-refractivity contribution in [1.29, 1.82) is 0 Å². The van der Waals surface area contributed by atoms with E-state index in [9.17, 15) is 4.79 Å². The standard InChI is InChI=1S/C12H6ClNO2/c13-10-6-5-9-11(14-10)12(15)7-3-1-2-4-8(7)16-9/h1-6H. The molecule has 0 spiro atoms. The van der Waals surface area contributed by atoms with E-state index in [-0.39, 0.29) is 16.1 Å². The maximum Gasteiger partial charge on any atom is 0.218 e. The summed E-state index contributed by atoms with van der Waals surface area (Å²) in [6.07, 6.45) is 0. The Morgan fingerprint density at radius 2 is 1.88 bits per heavy atom. The third-order valence-corrected chi connectivity index (χ3v) is 2.60. The zero-order valence-electron chi connectivity index (χ0n) is 8.11. The van der Waals surface area contributed by atoms with E-state index >= 15 is 0 Å². The molecule has 0 atom stereocenters. The summed E-state index contributed by atoms with van der Waals surface area (Å²) in [6.45, 7) is 0. The molecule has 3 aromatic rings. The van der Waals surface area contributed by atoms with Crippen LogP contribution in [0.3, 0.4) is 0 Å². The highest BCUT2D eigenvalue weighted by molar-refractivity contribution is 6.29. The first-order valence-electron chi connectivity index (χ1n) is 4.74. The van der Waals surface area contributed by atoms with E-state index in [1.54, 1.807) is 30.3 Å². The van der Waals surface area contributed by atoms with Crippen molar-refractivity contribution < 1.29 is 4.42 Å². The highest BCUT2D eigenvalue weighted by atomic mass is 35.5. The van der Waals surface area contributed by atoms with Gasteiger partial charge in [0.1, 0.15) is 10.7 Å². The van der Waals surface area contributed by atoms with Crippen molar-refractivity contribution in [3.63, 3.8) is 0 Å². The summed E-state index contributed by atoms with van der Waals surface area (Å²) in [4.78, 5) is 16.0. The van der Waals surface area contributed by atoms with Crippen LogP contribution in [0, 0.1) is 0 Å². The van der Waals surface area contributed by atoms with E-state index in [2.05, 4.69) is 4.98 Å². The number of pyridine rings is 1. The number of rotatable bonds is 0. The molecule has 2 aromatic heterocycles. The van der Waals surface area contributed by atoms with Crippen molar-refractivity contribution in [2.24, 2.45) is 0 Å². The van der Waals surface area contributed by atoms with Gasteiger partial charge in [-0.25, -0.2) is 4.98 Å². The van der Waals surface area contributed by atoms with Gasteiger partial charge in [0.05, 0.1) is 5.39 Å². The summed E-state index contributed by atoms with van der Waals surface area (Å²) < 4.78 is 5.56. The van der Waals surface area contributed by atoms with Gasteiger partial charge < -0.3 is 4.42 Å². The van der Waals surface area contributed by atoms with Crippen molar-refractivity contribution in [3.05, 3.63) is 51.8 Å². The number of aromatic nitrogens is 1. The minimum Gasteiger partial charge on any atom is -0.454 e. The molecule has 0 saturated heterocycles. The zero-order chi connectivity index (χ0) is 11.1. The van der Waals surface area contributed by atoms with Crippen LogP contribution in [-0.4, -0.2) is 4.98 Å². The predicted molar refractivity (Wildman–Crippen MR) is 62.8 cm³/mol. The molecule has 0 radical (unpaired) electrons. The van der Waals surface area contributed by atoms with E-state index < -0.39 is 0 Å². The molecule has 0 unspecified atom stereocenters. The average Bonchev–Trinajstić information content (AvgIpc) is 2.31. The Kier molecular flexibility index (Phi) is 1.94. The van der Waals surface area contributed by atoms with Crippen LogP contribution in [-0.2, 0) is 0 Å². The normalized spacial score (nSPS) is 11.1. The Morgan fingerprint density at radius 3 is 2.75 bits per heavy atom. The number of nitrogens with zero attached hydrogens (tertiary/aromatic N) is 1. The topological polar surface area (TPSA) is 43.1 Å². The second-order valence-corrected chi connectivity index (χ2v) is 3.80. The van der Waals surface area contributed by atoms with Crippen molar-refractivity contribution in [3.8, 4) is 0 Å². The van der Waals surface area contributed by atoms with Crippen molar-refractivity contribution in [2.75, 3.05) is 0 Å². The first-order chi connectivity index (χ1) is 7.75. The van der Waals surface area contributed by atoms with Crippen LogP contribution in [0.2, 0.25) is 5.15 Å². The molecule has 1 aromatic carbocycles. The third kappa shape index (κ3) is 1.29. The van der Waals surface area contributed by atoms with Crippen molar-refractivity contribution in [1.82, 2.24) is 4.98 Å². The van der Waals surface area contributed by atoms with Gasteiger partial charge in [-0.1, -0.05) is 23.7 Å². The zero-order valence-corrected chi connectivity index (χ0v) is 8.86. The molecular formula is C12H6ClNO2. The molecular weight excluding hydrogens is 226 g/mol. The molecule has 0 fully saturated rings. The Bertz CT molecular complexity index is 749. The second kappa shape index (κ2) is 3.32. The quantitative estimate of drug-likeness (QED) is 0.441. The summed E-state index contributed by atoms with van der Waals surface area (Å²) in [5.74, 6) is 0. The maximum absolute atomic E-state index is 12.1. The number of hydrogen-bond acceptors (Lipinski definition) is 3. The molecule has 0 bridgehead atoms. The van der Waals surface area contributed by atoms with Crippen LogP contribution in [0.5, 0.6) is 0 Å².